The van der Waals surface area contributed by atoms with Crippen molar-refractivity contribution >= 4 is 11.6 Å². The van der Waals surface area contributed by atoms with Crippen molar-refractivity contribution in [2.75, 3.05) is 20.2 Å². The first kappa shape index (κ1) is 14.0. The molecule has 0 radical (unpaired) electrons. The molecule has 0 unspecified atom stereocenters. The molecule has 112 valence electrons. The Morgan fingerprint density at radius 3 is 2.71 bits per heavy atom. The van der Waals surface area contributed by atoms with Crippen LogP contribution in [0.4, 0.5) is 0 Å². The van der Waals surface area contributed by atoms with Crippen LogP contribution in [0.1, 0.15) is 41.9 Å². The molecule has 1 aliphatic heterocycles. The molecule has 3 rings (SSSR count). The molecule has 21 heavy (non-hydrogen) atoms. The summed E-state index contributed by atoms with van der Waals surface area (Å²) in [4.78, 5) is 14.0. The number of carbonyl (C=O) groups excluding carboxylic acids is 1. The van der Waals surface area contributed by atoms with Gasteiger partial charge in [-0.1, -0.05) is 12.8 Å². The van der Waals surface area contributed by atoms with Crippen LogP contribution < -0.4 is 0 Å². The Labute approximate surface area is 123 Å². The molecule has 0 atom stereocenters. The molecule has 3 heterocycles. The lowest BCUT2D eigenvalue weighted by Crippen LogP contribution is -2.25. The number of rotatable bonds is 3. The van der Waals surface area contributed by atoms with Gasteiger partial charge in [0.15, 0.2) is 11.5 Å². The lowest BCUT2D eigenvalue weighted by Gasteiger charge is -2.18. The van der Waals surface area contributed by atoms with Gasteiger partial charge >= 0.3 is 5.97 Å². The van der Waals surface area contributed by atoms with Crippen molar-refractivity contribution in [3.05, 3.63) is 29.7 Å². The summed E-state index contributed by atoms with van der Waals surface area (Å²) >= 11 is 0. The number of hydrogen-bond donors (Lipinski definition) is 0. The van der Waals surface area contributed by atoms with E-state index in [2.05, 4.69) is 15.1 Å². The molecule has 0 saturated carbocycles. The van der Waals surface area contributed by atoms with E-state index in [1.54, 1.807) is 12.1 Å². The van der Waals surface area contributed by atoms with E-state index < -0.39 is 0 Å². The summed E-state index contributed by atoms with van der Waals surface area (Å²) in [5.74, 6) is 0.567. The second-order valence-electron chi connectivity index (χ2n) is 5.44. The van der Waals surface area contributed by atoms with Gasteiger partial charge in [-0.3, -0.25) is 9.30 Å². The van der Waals surface area contributed by atoms with Crippen LogP contribution in [0.3, 0.4) is 0 Å². The number of methoxy groups -OCH3 is 1. The Morgan fingerprint density at radius 2 is 2.00 bits per heavy atom. The molecule has 1 fully saturated rings. The number of aromatic nitrogens is 3. The Hall–Kier alpha value is -1.95. The molecule has 2 aromatic heterocycles. The van der Waals surface area contributed by atoms with Gasteiger partial charge in [0.05, 0.1) is 19.2 Å². The van der Waals surface area contributed by atoms with Crippen molar-refractivity contribution in [2.24, 2.45) is 0 Å². The maximum Gasteiger partial charge on any atom is 0.338 e. The minimum Gasteiger partial charge on any atom is -0.465 e. The smallest absolute Gasteiger partial charge is 0.338 e. The minimum absolute atomic E-state index is 0.352. The molecule has 1 aliphatic rings. The van der Waals surface area contributed by atoms with Crippen molar-refractivity contribution in [3.63, 3.8) is 0 Å². The number of pyridine rings is 1. The lowest BCUT2D eigenvalue weighted by atomic mass is 10.2. The standard InChI is InChI=1S/C15H20N4O2/c1-21-15(20)12-6-9-19-13(10-12)16-17-14(19)11-18-7-4-2-3-5-8-18/h6,9-10H,2-5,7-8,11H2,1H3. The van der Waals surface area contributed by atoms with Crippen molar-refractivity contribution in [1.29, 1.82) is 0 Å². The summed E-state index contributed by atoms with van der Waals surface area (Å²) in [5, 5.41) is 8.43. The van der Waals surface area contributed by atoms with E-state index in [9.17, 15) is 4.79 Å². The average molecular weight is 288 g/mol. The van der Waals surface area contributed by atoms with E-state index in [0.29, 0.717) is 11.2 Å². The van der Waals surface area contributed by atoms with Crippen molar-refractivity contribution in [1.82, 2.24) is 19.5 Å². The highest BCUT2D eigenvalue weighted by Gasteiger charge is 2.14. The predicted molar refractivity (Wildman–Crippen MR) is 78.1 cm³/mol. The van der Waals surface area contributed by atoms with E-state index >= 15 is 0 Å². The van der Waals surface area contributed by atoms with Crippen molar-refractivity contribution in [2.45, 2.75) is 32.2 Å². The van der Waals surface area contributed by atoms with E-state index in [1.807, 2.05) is 10.6 Å². The Kier molecular flexibility index (Phi) is 4.15. The van der Waals surface area contributed by atoms with Crippen LogP contribution in [0.25, 0.3) is 5.65 Å². The minimum atomic E-state index is -0.352. The molecule has 6 heteroatoms. The van der Waals surface area contributed by atoms with Crippen LogP contribution in [0.15, 0.2) is 18.3 Å². The van der Waals surface area contributed by atoms with Crippen LogP contribution in [-0.4, -0.2) is 45.7 Å². The van der Waals surface area contributed by atoms with Crippen molar-refractivity contribution < 1.29 is 9.53 Å². The third kappa shape index (κ3) is 3.05. The molecule has 2 aromatic rings. The zero-order valence-electron chi connectivity index (χ0n) is 12.3. The first-order valence-electron chi connectivity index (χ1n) is 7.42. The zero-order valence-corrected chi connectivity index (χ0v) is 12.3. The van der Waals surface area contributed by atoms with Gasteiger partial charge in [0, 0.05) is 6.20 Å². The molecule has 0 bridgehead atoms. The Bertz CT molecular complexity index is 630. The molecule has 0 aromatic carbocycles. The van der Waals surface area contributed by atoms with Crippen molar-refractivity contribution in [3.8, 4) is 0 Å². The average Bonchev–Trinajstić information content (AvgIpc) is 2.73. The fourth-order valence-corrected chi connectivity index (χ4v) is 2.79. The summed E-state index contributed by atoms with van der Waals surface area (Å²) in [6.07, 6.45) is 6.99. The van der Waals surface area contributed by atoms with Gasteiger partial charge in [0.2, 0.25) is 0 Å². The highest BCUT2D eigenvalue weighted by Crippen LogP contribution is 2.14. The third-order valence-electron chi connectivity index (χ3n) is 3.97. The largest absolute Gasteiger partial charge is 0.465 e. The van der Waals surface area contributed by atoms with E-state index in [4.69, 9.17) is 4.74 Å². The van der Waals surface area contributed by atoms with Gasteiger partial charge in [-0.25, -0.2) is 4.79 Å². The number of hydrogen-bond acceptors (Lipinski definition) is 5. The summed E-state index contributed by atoms with van der Waals surface area (Å²) in [7, 11) is 1.38. The maximum atomic E-state index is 11.5. The van der Waals surface area contributed by atoms with Gasteiger partial charge < -0.3 is 4.74 Å². The molecule has 1 saturated heterocycles. The molecule has 0 aliphatic carbocycles. The quantitative estimate of drug-likeness (QED) is 0.807. The van der Waals surface area contributed by atoms with Crippen LogP contribution in [0, 0.1) is 0 Å². The number of fused-ring (bicyclic) bond motifs is 1. The number of carbonyl (C=O) groups is 1. The van der Waals surface area contributed by atoms with Crippen LogP contribution in [0.5, 0.6) is 0 Å². The normalized spacial score (nSPS) is 16.8. The first-order valence-corrected chi connectivity index (χ1v) is 7.42. The second-order valence-corrected chi connectivity index (χ2v) is 5.44. The molecule has 0 N–H and O–H groups in total. The Balaban J connectivity index is 1.81. The molecular weight excluding hydrogens is 268 g/mol. The molecular formula is C15H20N4O2. The monoisotopic (exact) mass is 288 g/mol. The summed E-state index contributed by atoms with van der Waals surface area (Å²) in [6.45, 7) is 3.04. The third-order valence-corrected chi connectivity index (χ3v) is 3.97. The van der Waals surface area contributed by atoms with Gasteiger partial charge in [-0.05, 0) is 38.1 Å². The van der Waals surface area contributed by atoms with Gasteiger partial charge in [-0.15, -0.1) is 10.2 Å². The predicted octanol–water partition coefficient (Wildman–Crippen LogP) is 1.89. The lowest BCUT2D eigenvalue weighted by molar-refractivity contribution is 0.0600. The van der Waals surface area contributed by atoms with Gasteiger partial charge in [0.25, 0.3) is 0 Å². The molecule has 0 amide bonds. The maximum absolute atomic E-state index is 11.5. The van der Waals surface area contributed by atoms with E-state index in [-0.39, 0.29) is 5.97 Å². The zero-order chi connectivity index (χ0) is 14.7. The second kappa shape index (κ2) is 6.22. The summed E-state index contributed by atoms with van der Waals surface area (Å²) < 4.78 is 6.66. The fourth-order valence-electron chi connectivity index (χ4n) is 2.79. The topological polar surface area (TPSA) is 59.7 Å². The number of nitrogens with zero attached hydrogens (tertiary/aromatic N) is 4. The summed E-state index contributed by atoms with van der Waals surface area (Å²) in [5.41, 5.74) is 1.18. The van der Waals surface area contributed by atoms with Crippen LogP contribution >= 0.6 is 0 Å². The van der Waals surface area contributed by atoms with Crippen LogP contribution in [0.2, 0.25) is 0 Å². The van der Waals surface area contributed by atoms with Gasteiger partial charge in [0.1, 0.15) is 0 Å². The first-order chi connectivity index (χ1) is 10.3. The Morgan fingerprint density at radius 1 is 1.24 bits per heavy atom. The number of ether oxygens (including phenoxy) is 1. The van der Waals surface area contributed by atoms with E-state index in [1.165, 1.54) is 32.8 Å². The number of likely N-dealkylation sites (tertiary alicyclic amines) is 1. The van der Waals surface area contributed by atoms with Gasteiger partial charge in [-0.2, -0.15) is 0 Å². The highest BCUT2D eigenvalue weighted by molar-refractivity contribution is 5.90. The SMILES string of the molecule is COC(=O)c1ccn2c(CN3CCCCCC3)nnc2c1. The number of esters is 1. The summed E-state index contributed by atoms with van der Waals surface area (Å²) in [6, 6.07) is 3.46. The molecule has 0 spiro atoms. The highest BCUT2D eigenvalue weighted by atomic mass is 16.5. The van der Waals surface area contributed by atoms with E-state index in [0.717, 1.165) is 25.5 Å². The van der Waals surface area contributed by atoms with Crippen LogP contribution in [-0.2, 0) is 11.3 Å². The molecule has 6 nitrogen and oxygen atoms in total. The fraction of sp³-hybridized carbons (Fsp3) is 0.533.